The van der Waals surface area contributed by atoms with Crippen molar-refractivity contribution in [2.75, 3.05) is 13.2 Å². The fraction of sp³-hybridized carbons (Fsp3) is 0.467. The number of ketones is 2. The SMILES string of the molecule is CCC=CCC=CC=C1CC(CCO)=C(CCC=CCC(O)CC=C2CC(CCO)=CC2=O)C1=O. The summed E-state index contributed by atoms with van der Waals surface area (Å²) in [6, 6.07) is 0. The summed E-state index contributed by atoms with van der Waals surface area (Å²) in [5, 5.41) is 28.6. The van der Waals surface area contributed by atoms with Crippen molar-refractivity contribution in [1.29, 1.82) is 0 Å². The topological polar surface area (TPSA) is 94.8 Å². The lowest BCUT2D eigenvalue weighted by molar-refractivity contribution is -0.112. The summed E-state index contributed by atoms with van der Waals surface area (Å²) in [5.74, 6) is 0.0549. The van der Waals surface area contributed by atoms with Gasteiger partial charge in [0.15, 0.2) is 11.6 Å². The first-order valence-corrected chi connectivity index (χ1v) is 12.7. The first-order chi connectivity index (χ1) is 17.0. The van der Waals surface area contributed by atoms with Crippen LogP contribution in [-0.4, -0.2) is 46.2 Å². The molecule has 0 bridgehead atoms. The molecule has 0 aromatic carbocycles. The first-order valence-electron chi connectivity index (χ1n) is 12.7. The van der Waals surface area contributed by atoms with Gasteiger partial charge in [0, 0.05) is 18.8 Å². The van der Waals surface area contributed by atoms with Crippen molar-refractivity contribution in [2.24, 2.45) is 0 Å². The summed E-state index contributed by atoms with van der Waals surface area (Å²) >= 11 is 0. The molecule has 0 aromatic rings. The van der Waals surface area contributed by atoms with Crippen LogP contribution in [0.2, 0.25) is 0 Å². The summed E-state index contributed by atoms with van der Waals surface area (Å²) in [7, 11) is 0. The molecule has 0 amide bonds. The number of Topliss-reactive ketones (excluding diaryl/α,β-unsaturated/α-hetero) is 1. The van der Waals surface area contributed by atoms with Gasteiger partial charge in [-0.25, -0.2) is 0 Å². The Labute approximate surface area is 209 Å². The summed E-state index contributed by atoms with van der Waals surface area (Å²) < 4.78 is 0. The Bertz CT molecular complexity index is 940. The fourth-order valence-corrected chi connectivity index (χ4v) is 4.29. The van der Waals surface area contributed by atoms with Crippen molar-refractivity contribution in [3.05, 3.63) is 82.5 Å². The Balaban J connectivity index is 1.80. The molecule has 0 aliphatic heterocycles. The second kappa shape index (κ2) is 16.1. The van der Waals surface area contributed by atoms with Crippen LogP contribution in [0.25, 0.3) is 0 Å². The number of aliphatic hydroxyl groups is 3. The van der Waals surface area contributed by atoms with Crippen molar-refractivity contribution in [1.82, 2.24) is 0 Å². The summed E-state index contributed by atoms with van der Waals surface area (Å²) in [5.41, 5.74) is 4.25. The third-order valence-electron chi connectivity index (χ3n) is 6.19. The number of hydrogen-bond acceptors (Lipinski definition) is 5. The van der Waals surface area contributed by atoms with Gasteiger partial charge in [-0.3, -0.25) is 9.59 Å². The van der Waals surface area contributed by atoms with Crippen LogP contribution in [0.1, 0.15) is 71.1 Å². The molecule has 0 heterocycles. The molecule has 0 spiro atoms. The second-order valence-corrected chi connectivity index (χ2v) is 8.98. The predicted octanol–water partition coefficient (Wildman–Crippen LogP) is 5.16. The number of carbonyl (C=O) groups excluding carboxylic acids is 2. The molecule has 3 N–H and O–H groups in total. The molecule has 5 heteroatoms. The quantitative estimate of drug-likeness (QED) is 0.222. The second-order valence-electron chi connectivity index (χ2n) is 8.98. The Kier molecular flexibility index (Phi) is 13.2. The van der Waals surface area contributed by atoms with E-state index >= 15 is 0 Å². The van der Waals surface area contributed by atoms with Gasteiger partial charge in [-0.2, -0.15) is 0 Å². The molecule has 0 saturated heterocycles. The highest BCUT2D eigenvalue weighted by Gasteiger charge is 2.26. The molecular weight excluding hydrogens is 440 g/mol. The molecule has 0 saturated carbocycles. The number of hydrogen-bond donors (Lipinski definition) is 3. The van der Waals surface area contributed by atoms with E-state index in [-0.39, 0.29) is 24.8 Å². The lowest BCUT2D eigenvalue weighted by Gasteiger charge is -2.06. The van der Waals surface area contributed by atoms with Gasteiger partial charge >= 0.3 is 0 Å². The highest BCUT2D eigenvalue weighted by molar-refractivity contribution is 6.12. The maximum Gasteiger partial charge on any atom is 0.185 e. The molecule has 5 nitrogen and oxygen atoms in total. The van der Waals surface area contributed by atoms with Crippen LogP contribution in [0.15, 0.2) is 82.5 Å². The number of allylic oxidation sites excluding steroid dienone is 10. The summed E-state index contributed by atoms with van der Waals surface area (Å²) in [6.07, 6.45) is 23.1. The van der Waals surface area contributed by atoms with E-state index in [9.17, 15) is 19.8 Å². The minimum Gasteiger partial charge on any atom is -0.396 e. The van der Waals surface area contributed by atoms with Gasteiger partial charge in [-0.1, -0.05) is 66.7 Å². The standard InChI is InChI=1S/C30H40O5/c1-2-3-4-5-6-8-11-26-22-24(17-19-32)28(30(26)35)13-10-7-9-12-27(33)15-14-25-20-23(16-18-31)21-29(25)34/h3-4,6-9,11,14,21,27,31-33H,2,5,10,12-13,15-20,22H2,1H3. The van der Waals surface area contributed by atoms with E-state index in [0.29, 0.717) is 56.9 Å². The van der Waals surface area contributed by atoms with Crippen LogP contribution >= 0.6 is 0 Å². The number of carbonyl (C=O) groups is 2. The van der Waals surface area contributed by atoms with Gasteiger partial charge in [-0.05, 0) is 81.4 Å². The predicted molar refractivity (Wildman–Crippen MR) is 141 cm³/mol. The molecule has 2 rings (SSSR count). The lowest BCUT2D eigenvalue weighted by atomic mass is 10.0. The maximum atomic E-state index is 12.9. The zero-order chi connectivity index (χ0) is 25.5. The highest BCUT2D eigenvalue weighted by Crippen LogP contribution is 2.33. The molecule has 2 aliphatic carbocycles. The van der Waals surface area contributed by atoms with Crippen LogP contribution in [0.4, 0.5) is 0 Å². The van der Waals surface area contributed by atoms with Crippen LogP contribution in [0.3, 0.4) is 0 Å². The molecule has 1 unspecified atom stereocenters. The molecular formula is C30H40O5. The number of aliphatic hydroxyl groups excluding tert-OH is 3. The third kappa shape index (κ3) is 9.88. The monoisotopic (exact) mass is 480 g/mol. The van der Waals surface area contributed by atoms with Gasteiger partial charge < -0.3 is 15.3 Å². The molecule has 2 aliphatic rings. The van der Waals surface area contributed by atoms with E-state index in [2.05, 4.69) is 19.1 Å². The molecule has 0 fully saturated rings. The summed E-state index contributed by atoms with van der Waals surface area (Å²) in [4.78, 5) is 24.8. The van der Waals surface area contributed by atoms with E-state index in [1.807, 2.05) is 30.4 Å². The van der Waals surface area contributed by atoms with Crippen molar-refractivity contribution >= 4 is 11.6 Å². The Hall–Kier alpha value is -2.60. The van der Waals surface area contributed by atoms with Gasteiger partial charge in [0.25, 0.3) is 0 Å². The van der Waals surface area contributed by atoms with Gasteiger partial charge in [0.1, 0.15) is 0 Å². The third-order valence-corrected chi connectivity index (χ3v) is 6.19. The zero-order valence-corrected chi connectivity index (χ0v) is 20.9. The number of rotatable bonds is 15. The van der Waals surface area contributed by atoms with Crippen LogP contribution in [0, 0.1) is 0 Å². The zero-order valence-electron chi connectivity index (χ0n) is 20.9. The molecule has 35 heavy (non-hydrogen) atoms. The Morgan fingerprint density at radius 1 is 0.914 bits per heavy atom. The van der Waals surface area contributed by atoms with Crippen molar-refractivity contribution < 1.29 is 24.9 Å². The minimum absolute atomic E-state index is 0.0263. The molecule has 190 valence electrons. The Morgan fingerprint density at radius 3 is 2.46 bits per heavy atom. The van der Waals surface area contributed by atoms with E-state index in [0.717, 1.165) is 35.1 Å². The average molecular weight is 481 g/mol. The minimum atomic E-state index is -0.570. The van der Waals surface area contributed by atoms with Crippen molar-refractivity contribution in [2.45, 2.75) is 77.2 Å². The normalized spacial score (nSPS) is 20.2. The Morgan fingerprint density at radius 2 is 1.71 bits per heavy atom. The first kappa shape index (κ1) is 28.6. The molecule has 1 atom stereocenters. The van der Waals surface area contributed by atoms with Crippen LogP contribution in [0.5, 0.6) is 0 Å². The van der Waals surface area contributed by atoms with E-state index in [1.54, 1.807) is 12.2 Å². The largest absolute Gasteiger partial charge is 0.396 e. The smallest absolute Gasteiger partial charge is 0.185 e. The van der Waals surface area contributed by atoms with Crippen LogP contribution < -0.4 is 0 Å². The van der Waals surface area contributed by atoms with E-state index in [1.165, 1.54) is 0 Å². The fourth-order valence-electron chi connectivity index (χ4n) is 4.29. The van der Waals surface area contributed by atoms with Crippen molar-refractivity contribution in [3.63, 3.8) is 0 Å². The maximum absolute atomic E-state index is 12.9. The van der Waals surface area contributed by atoms with Gasteiger partial charge in [0.05, 0.1) is 6.10 Å². The van der Waals surface area contributed by atoms with E-state index < -0.39 is 6.10 Å². The highest BCUT2D eigenvalue weighted by atomic mass is 16.3. The average Bonchev–Trinajstić information content (AvgIpc) is 3.33. The van der Waals surface area contributed by atoms with Gasteiger partial charge in [-0.15, -0.1) is 0 Å². The van der Waals surface area contributed by atoms with Crippen molar-refractivity contribution in [3.8, 4) is 0 Å². The van der Waals surface area contributed by atoms with Crippen LogP contribution in [-0.2, 0) is 9.59 Å². The van der Waals surface area contributed by atoms with E-state index in [4.69, 9.17) is 5.11 Å². The molecule has 0 aromatic heterocycles. The molecule has 0 radical (unpaired) electrons. The lowest BCUT2D eigenvalue weighted by Crippen LogP contribution is -2.04. The summed E-state index contributed by atoms with van der Waals surface area (Å²) in [6.45, 7) is 2.17. The van der Waals surface area contributed by atoms with Gasteiger partial charge in [0.2, 0.25) is 0 Å².